The van der Waals surface area contributed by atoms with Crippen LogP contribution in [-0.2, 0) is 0 Å². The van der Waals surface area contributed by atoms with E-state index in [9.17, 15) is 5.11 Å². The summed E-state index contributed by atoms with van der Waals surface area (Å²) in [6.45, 7) is 0. The van der Waals surface area contributed by atoms with Crippen molar-refractivity contribution in [3.63, 3.8) is 0 Å². The molecule has 0 spiro atoms. The standard InChI is InChI=1S/C15H14N4O2/c1-21-14-8-7-12(17-18-14)15(20)13-9-10-16-19(13)11-5-3-2-4-6-11/h2-10,15,20H,1H3. The first kappa shape index (κ1) is 13.3. The second kappa shape index (κ2) is 5.72. The third-order valence-corrected chi connectivity index (χ3v) is 3.10. The Labute approximate surface area is 121 Å². The molecule has 0 bridgehead atoms. The fraction of sp³-hybridized carbons (Fsp3) is 0.133. The molecule has 0 aliphatic carbocycles. The Hall–Kier alpha value is -2.73. The predicted molar refractivity (Wildman–Crippen MR) is 76.2 cm³/mol. The first-order valence-corrected chi connectivity index (χ1v) is 6.44. The van der Waals surface area contributed by atoms with Crippen LogP contribution in [0.25, 0.3) is 5.69 Å². The number of aliphatic hydroxyl groups is 1. The molecule has 0 saturated carbocycles. The molecule has 0 saturated heterocycles. The molecule has 106 valence electrons. The van der Waals surface area contributed by atoms with Crippen LogP contribution in [0, 0.1) is 0 Å². The van der Waals surface area contributed by atoms with Gasteiger partial charge in [0.2, 0.25) is 5.88 Å². The average Bonchev–Trinajstić information content (AvgIpc) is 3.04. The summed E-state index contributed by atoms with van der Waals surface area (Å²) in [5, 5.41) is 22.6. The molecular weight excluding hydrogens is 268 g/mol. The zero-order valence-corrected chi connectivity index (χ0v) is 11.4. The third-order valence-electron chi connectivity index (χ3n) is 3.10. The number of hydrogen-bond donors (Lipinski definition) is 1. The zero-order valence-electron chi connectivity index (χ0n) is 11.4. The highest BCUT2D eigenvalue weighted by Gasteiger charge is 2.18. The van der Waals surface area contributed by atoms with E-state index in [1.165, 1.54) is 7.11 Å². The van der Waals surface area contributed by atoms with Crippen molar-refractivity contribution in [2.45, 2.75) is 6.10 Å². The number of ether oxygens (including phenoxy) is 1. The summed E-state index contributed by atoms with van der Waals surface area (Å²) >= 11 is 0. The van der Waals surface area contributed by atoms with Crippen molar-refractivity contribution in [2.24, 2.45) is 0 Å². The molecule has 3 rings (SSSR count). The van der Waals surface area contributed by atoms with Gasteiger partial charge in [-0.1, -0.05) is 18.2 Å². The lowest BCUT2D eigenvalue weighted by molar-refractivity contribution is 0.205. The minimum Gasteiger partial charge on any atom is -0.480 e. The monoisotopic (exact) mass is 282 g/mol. The summed E-state index contributed by atoms with van der Waals surface area (Å²) < 4.78 is 6.64. The van der Waals surface area contributed by atoms with Gasteiger partial charge in [-0.05, 0) is 24.3 Å². The maximum atomic E-state index is 10.5. The highest BCUT2D eigenvalue weighted by atomic mass is 16.5. The van der Waals surface area contributed by atoms with Crippen LogP contribution in [0.5, 0.6) is 5.88 Å². The lowest BCUT2D eigenvalue weighted by Gasteiger charge is -2.12. The first-order valence-electron chi connectivity index (χ1n) is 6.44. The Kier molecular flexibility index (Phi) is 3.61. The predicted octanol–water partition coefficient (Wildman–Crippen LogP) is 1.75. The molecule has 0 aliphatic heterocycles. The minimum absolute atomic E-state index is 0.405. The molecule has 6 heteroatoms. The average molecular weight is 282 g/mol. The van der Waals surface area contributed by atoms with Gasteiger partial charge in [-0.25, -0.2) is 4.68 Å². The number of para-hydroxylation sites is 1. The molecule has 0 aliphatic rings. The van der Waals surface area contributed by atoms with E-state index in [4.69, 9.17) is 4.74 Å². The van der Waals surface area contributed by atoms with E-state index in [0.29, 0.717) is 17.3 Å². The topological polar surface area (TPSA) is 73.1 Å². The first-order chi connectivity index (χ1) is 10.3. The Morgan fingerprint density at radius 1 is 1.05 bits per heavy atom. The summed E-state index contributed by atoms with van der Waals surface area (Å²) in [5.41, 5.74) is 1.94. The molecule has 6 nitrogen and oxygen atoms in total. The molecule has 2 heterocycles. The largest absolute Gasteiger partial charge is 0.480 e. The molecule has 1 N–H and O–H groups in total. The van der Waals surface area contributed by atoms with E-state index in [-0.39, 0.29) is 0 Å². The zero-order chi connectivity index (χ0) is 14.7. The quantitative estimate of drug-likeness (QED) is 0.789. The molecule has 0 radical (unpaired) electrons. The van der Waals surface area contributed by atoms with Gasteiger partial charge in [0, 0.05) is 12.3 Å². The van der Waals surface area contributed by atoms with E-state index >= 15 is 0 Å². The Morgan fingerprint density at radius 3 is 2.52 bits per heavy atom. The van der Waals surface area contributed by atoms with Crippen LogP contribution in [0.3, 0.4) is 0 Å². The summed E-state index contributed by atoms with van der Waals surface area (Å²) in [5.74, 6) is 0.405. The van der Waals surface area contributed by atoms with Crippen molar-refractivity contribution < 1.29 is 9.84 Å². The van der Waals surface area contributed by atoms with Gasteiger partial charge in [0.05, 0.1) is 24.2 Å². The van der Waals surface area contributed by atoms with E-state index in [2.05, 4.69) is 15.3 Å². The van der Waals surface area contributed by atoms with E-state index in [0.717, 1.165) is 5.69 Å². The van der Waals surface area contributed by atoms with Gasteiger partial charge in [0.15, 0.2) is 0 Å². The van der Waals surface area contributed by atoms with Gasteiger partial charge in [-0.15, -0.1) is 10.2 Å². The number of methoxy groups -OCH3 is 1. The summed E-state index contributed by atoms with van der Waals surface area (Å²) in [6, 6.07) is 14.7. The lowest BCUT2D eigenvalue weighted by Crippen LogP contribution is -2.10. The van der Waals surface area contributed by atoms with Crippen LogP contribution in [0.15, 0.2) is 54.7 Å². The summed E-state index contributed by atoms with van der Waals surface area (Å²) in [7, 11) is 1.52. The Morgan fingerprint density at radius 2 is 1.86 bits per heavy atom. The van der Waals surface area contributed by atoms with Crippen LogP contribution in [0.2, 0.25) is 0 Å². The lowest BCUT2D eigenvalue weighted by atomic mass is 10.1. The molecule has 2 aromatic heterocycles. The highest BCUT2D eigenvalue weighted by molar-refractivity contribution is 5.34. The van der Waals surface area contributed by atoms with Gasteiger partial charge in [-0.2, -0.15) is 5.10 Å². The van der Waals surface area contributed by atoms with Gasteiger partial charge in [0.1, 0.15) is 6.10 Å². The summed E-state index contributed by atoms with van der Waals surface area (Å²) in [4.78, 5) is 0. The maximum Gasteiger partial charge on any atom is 0.233 e. The van der Waals surface area contributed by atoms with Crippen molar-refractivity contribution in [3.8, 4) is 11.6 Å². The summed E-state index contributed by atoms with van der Waals surface area (Å²) in [6.07, 6.45) is 0.730. The smallest absolute Gasteiger partial charge is 0.233 e. The number of nitrogens with zero attached hydrogens (tertiary/aromatic N) is 4. The number of benzene rings is 1. The molecule has 0 fully saturated rings. The molecule has 21 heavy (non-hydrogen) atoms. The number of aromatic nitrogens is 4. The van der Waals surface area contributed by atoms with Crippen molar-refractivity contribution in [3.05, 3.63) is 66.1 Å². The minimum atomic E-state index is -0.911. The highest BCUT2D eigenvalue weighted by Crippen LogP contribution is 2.22. The SMILES string of the molecule is COc1ccc(C(O)c2ccnn2-c2ccccc2)nn1. The van der Waals surface area contributed by atoms with Crippen LogP contribution < -0.4 is 4.74 Å². The Bertz CT molecular complexity index is 710. The van der Waals surface area contributed by atoms with Crippen LogP contribution in [0.4, 0.5) is 0 Å². The molecule has 1 aromatic carbocycles. The number of rotatable bonds is 4. The second-order valence-electron chi connectivity index (χ2n) is 4.41. The van der Waals surface area contributed by atoms with Gasteiger partial charge in [-0.3, -0.25) is 0 Å². The molecule has 0 amide bonds. The van der Waals surface area contributed by atoms with Crippen LogP contribution in [-0.4, -0.2) is 32.2 Å². The van der Waals surface area contributed by atoms with E-state index < -0.39 is 6.10 Å². The number of aliphatic hydroxyl groups excluding tert-OH is 1. The third kappa shape index (κ3) is 2.61. The van der Waals surface area contributed by atoms with Crippen molar-refractivity contribution >= 4 is 0 Å². The van der Waals surface area contributed by atoms with Crippen molar-refractivity contribution in [1.82, 2.24) is 20.0 Å². The van der Waals surface area contributed by atoms with Crippen molar-refractivity contribution in [2.75, 3.05) is 7.11 Å². The fourth-order valence-electron chi connectivity index (χ4n) is 2.04. The molecule has 1 unspecified atom stereocenters. The fourth-order valence-corrected chi connectivity index (χ4v) is 2.04. The molecule has 1 atom stereocenters. The van der Waals surface area contributed by atoms with Gasteiger partial charge >= 0.3 is 0 Å². The molecular formula is C15H14N4O2. The van der Waals surface area contributed by atoms with Crippen LogP contribution >= 0.6 is 0 Å². The van der Waals surface area contributed by atoms with E-state index in [1.54, 1.807) is 29.1 Å². The van der Waals surface area contributed by atoms with Crippen LogP contribution in [0.1, 0.15) is 17.5 Å². The molecule has 3 aromatic rings. The number of hydrogen-bond acceptors (Lipinski definition) is 5. The van der Waals surface area contributed by atoms with E-state index in [1.807, 2.05) is 30.3 Å². The Balaban J connectivity index is 1.95. The second-order valence-corrected chi connectivity index (χ2v) is 4.41. The van der Waals surface area contributed by atoms with Gasteiger partial charge < -0.3 is 9.84 Å². The maximum absolute atomic E-state index is 10.5. The van der Waals surface area contributed by atoms with Gasteiger partial charge in [0.25, 0.3) is 0 Å². The normalized spacial score (nSPS) is 12.1. The van der Waals surface area contributed by atoms with Crippen molar-refractivity contribution in [1.29, 1.82) is 0 Å².